The molecule has 24 heavy (non-hydrogen) atoms. The number of amides is 1. The van der Waals surface area contributed by atoms with Crippen LogP contribution in [0.1, 0.15) is 15.4 Å². The molecule has 5 nitrogen and oxygen atoms in total. The second-order valence-corrected chi connectivity index (χ2v) is 7.21. The maximum atomic E-state index is 12.3. The summed E-state index contributed by atoms with van der Waals surface area (Å²) in [6.07, 6.45) is 0. The van der Waals surface area contributed by atoms with Crippen molar-refractivity contribution < 1.29 is 4.79 Å². The monoisotopic (exact) mass is 408 g/mol. The molecule has 1 saturated heterocycles. The molecule has 1 fully saturated rings. The quantitative estimate of drug-likeness (QED) is 0.797. The molecule has 0 atom stereocenters. The summed E-state index contributed by atoms with van der Waals surface area (Å²) in [6.45, 7) is 7.67. The highest BCUT2D eigenvalue weighted by atomic mass is 35.5. The molecule has 0 aliphatic carbocycles. The van der Waals surface area contributed by atoms with E-state index < -0.39 is 0 Å². The van der Waals surface area contributed by atoms with Crippen LogP contribution in [0.25, 0.3) is 9.88 Å². The molecule has 2 aromatic heterocycles. The number of rotatable bonds is 5. The fraction of sp³-hybridized carbons (Fsp3) is 0.467. The third-order valence-corrected chi connectivity index (χ3v) is 5.85. The van der Waals surface area contributed by atoms with Crippen molar-refractivity contribution in [2.24, 2.45) is 0 Å². The molecule has 0 aromatic carbocycles. The summed E-state index contributed by atoms with van der Waals surface area (Å²) < 4.78 is 0. The number of aromatic nitrogens is 1. The van der Waals surface area contributed by atoms with Crippen LogP contribution >= 0.6 is 47.5 Å². The van der Waals surface area contributed by atoms with E-state index in [9.17, 15) is 4.79 Å². The highest BCUT2D eigenvalue weighted by Gasteiger charge is 2.17. The van der Waals surface area contributed by atoms with Crippen molar-refractivity contribution in [3.8, 4) is 9.88 Å². The topological polar surface area (TPSA) is 57.3 Å². The van der Waals surface area contributed by atoms with Crippen LogP contribution in [0.2, 0.25) is 0 Å². The van der Waals surface area contributed by atoms with Gasteiger partial charge in [-0.1, -0.05) is 6.07 Å². The van der Waals surface area contributed by atoms with Gasteiger partial charge in [-0.2, -0.15) is 0 Å². The van der Waals surface area contributed by atoms with E-state index in [1.54, 1.807) is 11.3 Å². The molecule has 134 valence electrons. The minimum atomic E-state index is -0.00654. The predicted molar refractivity (Wildman–Crippen MR) is 106 cm³/mol. The van der Waals surface area contributed by atoms with Gasteiger partial charge in [0.15, 0.2) is 0 Å². The van der Waals surface area contributed by atoms with Crippen LogP contribution in [-0.2, 0) is 0 Å². The van der Waals surface area contributed by atoms with Crippen molar-refractivity contribution in [2.45, 2.75) is 6.92 Å². The molecule has 3 heterocycles. The van der Waals surface area contributed by atoms with Crippen LogP contribution in [0, 0.1) is 6.92 Å². The van der Waals surface area contributed by atoms with E-state index in [-0.39, 0.29) is 30.7 Å². The van der Waals surface area contributed by atoms with E-state index in [1.807, 2.05) is 24.4 Å². The first-order chi connectivity index (χ1) is 10.7. The van der Waals surface area contributed by atoms with Crippen molar-refractivity contribution in [2.75, 3.05) is 39.3 Å². The van der Waals surface area contributed by atoms with Crippen LogP contribution < -0.4 is 10.6 Å². The first-order valence-electron chi connectivity index (χ1n) is 7.46. The molecule has 0 bridgehead atoms. The number of aryl methyl sites for hydroxylation is 1. The predicted octanol–water partition coefficient (Wildman–Crippen LogP) is 2.66. The summed E-state index contributed by atoms with van der Waals surface area (Å²) in [5, 5.41) is 9.30. The third-order valence-electron chi connectivity index (χ3n) is 3.66. The average molecular weight is 409 g/mol. The zero-order valence-electron chi connectivity index (χ0n) is 13.4. The summed E-state index contributed by atoms with van der Waals surface area (Å²) in [5.74, 6) is -0.00654. The highest BCUT2D eigenvalue weighted by Crippen LogP contribution is 2.30. The average Bonchev–Trinajstić information content (AvgIpc) is 3.17. The standard InChI is InChI=1S/C15H20N4OS2.2ClH/c1-11-13(22-15(18-11)12-3-2-10-21-12)14(20)17-6-9-19-7-4-16-5-8-19;;/h2-3,10,16H,4-9H2,1H3,(H,17,20);2*1H. The summed E-state index contributed by atoms with van der Waals surface area (Å²) in [7, 11) is 0. The SMILES string of the molecule is Cc1nc(-c2cccs2)sc1C(=O)NCCN1CCNCC1.Cl.Cl. The van der Waals surface area contributed by atoms with Gasteiger partial charge in [-0.25, -0.2) is 4.98 Å². The number of hydrogen-bond acceptors (Lipinski definition) is 6. The summed E-state index contributed by atoms with van der Waals surface area (Å²) in [5.41, 5.74) is 0.813. The van der Waals surface area contributed by atoms with Crippen molar-refractivity contribution >= 4 is 53.4 Å². The first-order valence-corrected chi connectivity index (χ1v) is 9.16. The Morgan fingerprint density at radius 3 is 2.79 bits per heavy atom. The Balaban J connectivity index is 0.00000144. The minimum Gasteiger partial charge on any atom is -0.350 e. The summed E-state index contributed by atoms with van der Waals surface area (Å²) >= 11 is 3.13. The zero-order valence-corrected chi connectivity index (χ0v) is 16.7. The zero-order chi connectivity index (χ0) is 15.4. The van der Waals surface area contributed by atoms with E-state index in [0.717, 1.165) is 53.2 Å². The van der Waals surface area contributed by atoms with Gasteiger partial charge < -0.3 is 10.6 Å². The molecule has 0 saturated carbocycles. The molecule has 3 rings (SSSR count). The molecule has 2 N–H and O–H groups in total. The van der Waals surface area contributed by atoms with Crippen LogP contribution in [-0.4, -0.2) is 55.1 Å². The Labute approximate surface area is 162 Å². The first kappa shape index (κ1) is 21.3. The molecule has 1 aliphatic rings. The Morgan fingerprint density at radius 1 is 1.38 bits per heavy atom. The van der Waals surface area contributed by atoms with Crippen LogP contribution in [0.15, 0.2) is 17.5 Å². The van der Waals surface area contributed by atoms with Gasteiger partial charge in [0.2, 0.25) is 0 Å². The van der Waals surface area contributed by atoms with Gasteiger partial charge in [-0.3, -0.25) is 9.69 Å². The van der Waals surface area contributed by atoms with Crippen LogP contribution in [0.3, 0.4) is 0 Å². The number of thiazole rings is 1. The number of nitrogens with zero attached hydrogens (tertiary/aromatic N) is 2. The number of halogens is 2. The van der Waals surface area contributed by atoms with Crippen molar-refractivity contribution in [1.82, 2.24) is 20.5 Å². The molecular weight excluding hydrogens is 387 g/mol. The highest BCUT2D eigenvalue weighted by molar-refractivity contribution is 7.22. The number of piperazine rings is 1. The third kappa shape index (κ3) is 5.40. The lowest BCUT2D eigenvalue weighted by molar-refractivity contribution is 0.0950. The van der Waals surface area contributed by atoms with E-state index in [2.05, 4.69) is 20.5 Å². The largest absolute Gasteiger partial charge is 0.350 e. The molecular formula is C15H22Cl2N4OS2. The minimum absolute atomic E-state index is 0. The normalized spacial score (nSPS) is 14.5. The molecule has 9 heteroatoms. The van der Waals surface area contributed by atoms with Crippen molar-refractivity contribution in [3.05, 3.63) is 28.1 Å². The number of thiophene rings is 1. The second kappa shape index (κ2) is 10.3. The van der Waals surface area contributed by atoms with Gasteiger partial charge in [0.25, 0.3) is 5.91 Å². The Morgan fingerprint density at radius 2 is 2.12 bits per heavy atom. The van der Waals surface area contributed by atoms with Gasteiger partial charge in [-0.15, -0.1) is 47.5 Å². The van der Waals surface area contributed by atoms with E-state index in [4.69, 9.17) is 0 Å². The van der Waals surface area contributed by atoms with Crippen molar-refractivity contribution in [3.63, 3.8) is 0 Å². The van der Waals surface area contributed by atoms with Gasteiger partial charge in [0.05, 0.1) is 10.6 Å². The maximum Gasteiger partial charge on any atom is 0.263 e. The molecule has 2 aromatic rings. The fourth-order valence-electron chi connectivity index (χ4n) is 2.46. The van der Waals surface area contributed by atoms with Gasteiger partial charge in [0.1, 0.15) is 9.88 Å². The van der Waals surface area contributed by atoms with Gasteiger partial charge >= 0.3 is 0 Å². The Kier molecular flexibility index (Phi) is 9.18. The summed E-state index contributed by atoms with van der Waals surface area (Å²) in [6, 6.07) is 4.04. The smallest absolute Gasteiger partial charge is 0.263 e. The lowest BCUT2D eigenvalue weighted by Crippen LogP contribution is -2.46. The van der Waals surface area contributed by atoms with Gasteiger partial charge in [0, 0.05) is 39.3 Å². The maximum absolute atomic E-state index is 12.3. The molecule has 1 amide bonds. The van der Waals surface area contributed by atoms with Crippen LogP contribution in [0.4, 0.5) is 0 Å². The number of carbonyl (C=O) groups excluding carboxylic acids is 1. The van der Waals surface area contributed by atoms with E-state index >= 15 is 0 Å². The Bertz CT molecular complexity index is 627. The lowest BCUT2D eigenvalue weighted by atomic mass is 10.3. The number of carbonyl (C=O) groups is 1. The Hall–Kier alpha value is -0.700. The number of nitrogens with one attached hydrogen (secondary N) is 2. The van der Waals surface area contributed by atoms with Crippen molar-refractivity contribution in [1.29, 1.82) is 0 Å². The van der Waals surface area contributed by atoms with E-state index in [0.29, 0.717) is 6.54 Å². The summed E-state index contributed by atoms with van der Waals surface area (Å²) in [4.78, 5) is 21.1. The molecule has 1 aliphatic heterocycles. The lowest BCUT2D eigenvalue weighted by Gasteiger charge is -2.27. The van der Waals surface area contributed by atoms with Crippen LogP contribution in [0.5, 0.6) is 0 Å². The van der Waals surface area contributed by atoms with E-state index in [1.165, 1.54) is 11.3 Å². The second-order valence-electron chi connectivity index (χ2n) is 5.26. The fourth-order valence-corrected chi connectivity index (χ4v) is 4.23. The molecule has 0 radical (unpaired) electrons. The molecule has 0 spiro atoms. The van der Waals surface area contributed by atoms with Gasteiger partial charge in [-0.05, 0) is 18.4 Å². The number of hydrogen-bond donors (Lipinski definition) is 2. The molecule has 0 unspecified atom stereocenters.